The summed E-state index contributed by atoms with van der Waals surface area (Å²) in [4.78, 5) is 47.3. The largest absolute Gasteiger partial charge is 0.394 e. The SMILES string of the molecule is CN1C(=O)C(=O)C(C(=O)NCc2ccc(F)cc2-n2cncn2)N=C1C1(OCCO)CCC1. The van der Waals surface area contributed by atoms with Crippen LogP contribution in [0, 0.1) is 5.82 Å². The number of rotatable bonds is 8. The van der Waals surface area contributed by atoms with E-state index in [1.807, 2.05) is 0 Å². The summed E-state index contributed by atoms with van der Waals surface area (Å²) >= 11 is 0. The highest BCUT2D eigenvalue weighted by Crippen LogP contribution is 2.39. The Morgan fingerprint density at radius 3 is 2.79 bits per heavy atom. The predicted octanol–water partition coefficient (Wildman–Crippen LogP) is -0.238. The van der Waals surface area contributed by atoms with Crippen molar-refractivity contribution in [3.8, 4) is 5.69 Å². The van der Waals surface area contributed by atoms with Crippen molar-refractivity contribution >= 4 is 23.4 Å². The van der Waals surface area contributed by atoms with Crippen molar-refractivity contribution in [2.24, 2.45) is 4.99 Å². The second-order valence-electron chi connectivity index (χ2n) is 7.83. The molecule has 11 nitrogen and oxygen atoms in total. The third-order valence-electron chi connectivity index (χ3n) is 5.79. The summed E-state index contributed by atoms with van der Waals surface area (Å²) in [5.41, 5.74) is -0.0228. The van der Waals surface area contributed by atoms with E-state index in [2.05, 4.69) is 20.4 Å². The zero-order valence-electron chi connectivity index (χ0n) is 17.9. The van der Waals surface area contributed by atoms with E-state index in [4.69, 9.17) is 9.84 Å². The molecular weight excluding hydrogens is 435 g/mol. The van der Waals surface area contributed by atoms with Gasteiger partial charge in [0, 0.05) is 13.6 Å². The van der Waals surface area contributed by atoms with Crippen LogP contribution in [-0.4, -0.2) is 80.1 Å². The standard InChI is InChI=1S/C21H23FN6O5/c1-27-19(32)17(30)16(26-20(27)21(5-2-6-21)33-8-7-29)18(31)24-10-13-3-4-14(22)9-15(13)28-12-23-11-25-28/h3-4,9,11-12,16,29H,2,5-8,10H2,1H3,(H,24,31). The Morgan fingerprint density at radius 2 is 2.15 bits per heavy atom. The van der Waals surface area contributed by atoms with Gasteiger partial charge in [-0.2, -0.15) is 5.10 Å². The molecule has 0 radical (unpaired) electrons. The van der Waals surface area contributed by atoms with Crippen molar-refractivity contribution in [2.45, 2.75) is 37.5 Å². The number of hydrogen-bond acceptors (Lipinski definition) is 8. The molecule has 2 heterocycles. The average molecular weight is 458 g/mol. The van der Waals surface area contributed by atoms with Crippen molar-refractivity contribution < 1.29 is 28.6 Å². The van der Waals surface area contributed by atoms with Crippen LogP contribution in [0.4, 0.5) is 4.39 Å². The van der Waals surface area contributed by atoms with Gasteiger partial charge in [-0.05, 0) is 37.0 Å². The predicted molar refractivity (Wildman–Crippen MR) is 112 cm³/mol. The number of halogens is 1. The average Bonchev–Trinajstić information content (AvgIpc) is 3.31. The molecule has 2 aromatic rings. The van der Waals surface area contributed by atoms with Gasteiger partial charge in [0.05, 0.1) is 18.9 Å². The molecule has 2 N–H and O–H groups in total. The number of nitrogens with zero attached hydrogens (tertiary/aromatic N) is 5. The zero-order chi connectivity index (χ0) is 23.6. The highest BCUT2D eigenvalue weighted by molar-refractivity contribution is 6.46. The van der Waals surface area contributed by atoms with Gasteiger partial charge >= 0.3 is 0 Å². The fourth-order valence-corrected chi connectivity index (χ4v) is 3.93. The number of amides is 2. The third-order valence-corrected chi connectivity index (χ3v) is 5.79. The van der Waals surface area contributed by atoms with Crippen LogP contribution in [0.15, 0.2) is 35.8 Å². The molecule has 1 saturated carbocycles. The Balaban J connectivity index is 1.56. The van der Waals surface area contributed by atoms with Crippen LogP contribution in [0.2, 0.25) is 0 Å². The number of benzene rings is 1. The molecule has 0 spiro atoms. The smallest absolute Gasteiger partial charge is 0.297 e. The molecule has 1 aliphatic heterocycles. The Morgan fingerprint density at radius 1 is 1.36 bits per heavy atom. The minimum Gasteiger partial charge on any atom is -0.394 e. The maximum absolute atomic E-state index is 13.8. The normalized spacial score (nSPS) is 19.8. The summed E-state index contributed by atoms with van der Waals surface area (Å²) < 4.78 is 20.9. The molecule has 1 unspecified atom stereocenters. The molecule has 1 aromatic heterocycles. The number of aliphatic hydroxyl groups excluding tert-OH is 1. The first-order valence-electron chi connectivity index (χ1n) is 10.4. The number of nitrogens with one attached hydrogen (secondary N) is 1. The number of aliphatic imine (C=N–C) groups is 1. The Kier molecular flexibility index (Phi) is 6.29. The lowest BCUT2D eigenvalue weighted by molar-refractivity contribution is -0.146. The molecule has 1 fully saturated rings. The maximum Gasteiger partial charge on any atom is 0.297 e. The Labute approximate surface area is 188 Å². The van der Waals surface area contributed by atoms with Crippen LogP contribution in [-0.2, 0) is 25.7 Å². The van der Waals surface area contributed by atoms with Gasteiger partial charge in [-0.15, -0.1) is 0 Å². The van der Waals surface area contributed by atoms with Crippen molar-refractivity contribution in [3.63, 3.8) is 0 Å². The molecule has 2 amide bonds. The van der Waals surface area contributed by atoms with Crippen molar-refractivity contribution in [2.75, 3.05) is 20.3 Å². The third kappa shape index (κ3) is 4.26. The number of carbonyl (C=O) groups is 3. The fraction of sp³-hybridized carbons (Fsp3) is 0.429. The molecule has 12 heteroatoms. The van der Waals surface area contributed by atoms with Crippen LogP contribution < -0.4 is 5.32 Å². The van der Waals surface area contributed by atoms with Crippen LogP contribution in [0.1, 0.15) is 24.8 Å². The van der Waals surface area contributed by atoms with E-state index in [0.717, 1.165) is 11.3 Å². The molecule has 0 saturated heterocycles. The monoisotopic (exact) mass is 458 g/mol. The second kappa shape index (κ2) is 9.16. The summed E-state index contributed by atoms with van der Waals surface area (Å²) in [6.07, 6.45) is 4.63. The summed E-state index contributed by atoms with van der Waals surface area (Å²) in [5.74, 6) is -2.86. The minimum atomic E-state index is -1.56. The fourth-order valence-electron chi connectivity index (χ4n) is 3.93. The number of hydrogen-bond donors (Lipinski definition) is 2. The first-order chi connectivity index (χ1) is 15.9. The van der Waals surface area contributed by atoms with Crippen LogP contribution in [0.3, 0.4) is 0 Å². The van der Waals surface area contributed by atoms with Gasteiger partial charge in [-0.25, -0.2) is 19.0 Å². The number of aliphatic hydroxyl groups is 1. The first kappa shape index (κ1) is 22.7. The lowest BCUT2D eigenvalue weighted by Crippen LogP contribution is -2.62. The summed E-state index contributed by atoms with van der Waals surface area (Å²) in [6.45, 7) is -0.220. The van der Waals surface area contributed by atoms with Crippen LogP contribution in [0.5, 0.6) is 0 Å². The summed E-state index contributed by atoms with van der Waals surface area (Å²) in [5, 5.41) is 15.7. The molecule has 1 aromatic carbocycles. The quantitative estimate of drug-likeness (QED) is 0.411. The van der Waals surface area contributed by atoms with Crippen LogP contribution in [0.25, 0.3) is 5.69 Å². The van der Waals surface area contributed by atoms with Gasteiger partial charge in [0.25, 0.3) is 17.6 Å². The number of ketones is 1. The van der Waals surface area contributed by atoms with E-state index in [1.165, 1.54) is 42.6 Å². The summed E-state index contributed by atoms with van der Waals surface area (Å²) in [7, 11) is 1.42. The molecule has 33 heavy (non-hydrogen) atoms. The molecule has 1 aliphatic carbocycles. The Hall–Kier alpha value is -3.51. The number of aromatic nitrogens is 3. The van der Waals surface area contributed by atoms with E-state index in [1.54, 1.807) is 0 Å². The minimum absolute atomic E-state index is 0.0431. The number of carbonyl (C=O) groups excluding carboxylic acids is 3. The lowest BCUT2D eigenvalue weighted by Gasteiger charge is -2.45. The highest BCUT2D eigenvalue weighted by Gasteiger charge is 2.51. The lowest BCUT2D eigenvalue weighted by atomic mass is 9.77. The molecule has 2 aliphatic rings. The van der Waals surface area contributed by atoms with E-state index in [9.17, 15) is 18.8 Å². The van der Waals surface area contributed by atoms with Gasteiger partial charge < -0.3 is 15.2 Å². The van der Waals surface area contributed by atoms with Crippen LogP contribution >= 0.6 is 0 Å². The van der Waals surface area contributed by atoms with Gasteiger partial charge in [-0.3, -0.25) is 19.3 Å². The highest BCUT2D eigenvalue weighted by atomic mass is 19.1. The summed E-state index contributed by atoms with van der Waals surface area (Å²) in [6, 6.07) is 2.40. The number of ether oxygens (including phenoxy) is 1. The van der Waals surface area contributed by atoms with Gasteiger partial charge in [0.15, 0.2) is 6.04 Å². The number of Topliss-reactive ketones (excluding diaryl/α,β-unsaturated/α-hetero) is 1. The van der Waals surface area contributed by atoms with E-state index in [-0.39, 0.29) is 25.6 Å². The van der Waals surface area contributed by atoms with E-state index in [0.29, 0.717) is 24.1 Å². The topological polar surface area (TPSA) is 139 Å². The second-order valence-corrected chi connectivity index (χ2v) is 7.83. The van der Waals surface area contributed by atoms with Crippen molar-refractivity contribution in [1.82, 2.24) is 25.0 Å². The van der Waals surface area contributed by atoms with Gasteiger partial charge in [0.2, 0.25) is 0 Å². The molecule has 1 atom stereocenters. The molecule has 0 bridgehead atoms. The number of amidine groups is 1. The Bertz CT molecular complexity index is 1100. The van der Waals surface area contributed by atoms with E-state index >= 15 is 0 Å². The molecule has 4 rings (SSSR count). The zero-order valence-corrected chi connectivity index (χ0v) is 17.9. The van der Waals surface area contributed by atoms with Crippen molar-refractivity contribution in [3.05, 3.63) is 42.2 Å². The first-order valence-corrected chi connectivity index (χ1v) is 10.4. The van der Waals surface area contributed by atoms with E-state index < -0.39 is 35.1 Å². The maximum atomic E-state index is 13.8. The van der Waals surface area contributed by atoms with Gasteiger partial charge in [-0.1, -0.05) is 6.07 Å². The molecular formula is C21H23FN6O5. The van der Waals surface area contributed by atoms with Gasteiger partial charge in [0.1, 0.15) is 29.9 Å². The van der Waals surface area contributed by atoms with Crippen molar-refractivity contribution in [1.29, 1.82) is 0 Å². The number of likely N-dealkylation sites (N-methyl/N-ethyl adjacent to an activating group) is 1. The molecule has 174 valence electrons.